The molecule has 7 nitrogen and oxygen atoms in total. The highest BCUT2D eigenvalue weighted by atomic mass is 19.3. The zero-order valence-corrected chi connectivity index (χ0v) is 15.6. The van der Waals surface area contributed by atoms with Crippen LogP contribution in [0.2, 0.25) is 0 Å². The van der Waals surface area contributed by atoms with E-state index in [9.17, 15) is 18.4 Å². The highest BCUT2D eigenvalue weighted by Crippen LogP contribution is 2.27. The van der Waals surface area contributed by atoms with Crippen molar-refractivity contribution in [3.05, 3.63) is 51.7 Å². The molecule has 9 heteroatoms. The normalized spacial score (nSPS) is 19.6. The number of aromatic nitrogens is 3. The second-order valence-corrected chi connectivity index (χ2v) is 7.38. The minimum Gasteiger partial charge on any atom is -0.336 e. The van der Waals surface area contributed by atoms with Crippen LogP contribution in [0.4, 0.5) is 8.78 Å². The van der Waals surface area contributed by atoms with Gasteiger partial charge < -0.3 is 9.64 Å². The number of rotatable bonds is 5. The first-order chi connectivity index (χ1) is 13.4. The Morgan fingerprint density at radius 3 is 2.68 bits per heavy atom. The fraction of sp³-hybridized carbons (Fsp3) is 0.526. The number of likely N-dealkylation sites (tertiary alicyclic amines) is 1. The quantitative estimate of drug-likeness (QED) is 0.777. The minimum atomic E-state index is -2.84. The van der Waals surface area contributed by atoms with Gasteiger partial charge in [-0.3, -0.25) is 9.36 Å². The largest absolute Gasteiger partial charge is 0.346 e. The van der Waals surface area contributed by atoms with E-state index in [-0.39, 0.29) is 24.7 Å². The number of alkyl halides is 2. The maximum atomic E-state index is 12.9. The van der Waals surface area contributed by atoms with Gasteiger partial charge in [0.1, 0.15) is 11.9 Å². The summed E-state index contributed by atoms with van der Waals surface area (Å²) >= 11 is 0. The maximum absolute atomic E-state index is 12.9. The molecule has 150 valence electrons. The smallest absolute Gasteiger partial charge is 0.336 e. The predicted octanol–water partition coefficient (Wildman–Crippen LogP) is 1.73. The molecular weight excluding hydrogens is 370 g/mol. The molecule has 1 saturated heterocycles. The van der Waals surface area contributed by atoms with Crippen molar-refractivity contribution >= 4 is 5.91 Å². The Hall–Kier alpha value is -2.55. The zero-order chi connectivity index (χ0) is 19.8. The standard InChI is InChI=1S/C19H22F2N4O3/c1-12-5-7-13(8-6-12)9-24-19(27)25-15(3-2-4-16(25)22-24)17(26)23-10-14(11-23)28-18(20)21/h5-8,14-15,18H,2-4,9-11H2,1H3. The average Bonchev–Trinajstić information content (AvgIpc) is 2.95. The van der Waals surface area contributed by atoms with Crippen LogP contribution < -0.4 is 5.69 Å². The number of fused-ring (bicyclic) bond motifs is 1. The summed E-state index contributed by atoms with van der Waals surface area (Å²) < 4.78 is 31.8. The molecule has 2 aliphatic rings. The number of amides is 1. The molecule has 1 aromatic heterocycles. The lowest BCUT2D eigenvalue weighted by molar-refractivity contribution is -0.200. The van der Waals surface area contributed by atoms with Crippen molar-refractivity contribution in [2.75, 3.05) is 13.1 Å². The predicted molar refractivity (Wildman–Crippen MR) is 96.2 cm³/mol. The van der Waals surface area contributed by atoms with Crippen LogP contribution in [0.1, 0.15) is 35.8 Å². The van der Waals surface area contributed by atoms with E-state index in [2.05, 4.69) is 9.84 Å². The van der Waals surface area contributed by atoms with Crippen LogP contribution in [0.5, 0.6) is 0 Å². The Morgan fingerprint density at radius 2 is 2.00 bits per heavy atom. The van der Waals surface area contributed by atoms with Crippen molar-refractivity contribution < 1.29 is 18.3 Å². The van der Waals surface area contributed by atoms with Gasteiger partial charge in [-0.2, -0.15) is 13.9 Å². The summed E-state index contributed by atoms with van der Waals surface area (Å²) in [6, 6.07) is 7.22. The monoisotopic (exact) mass is 392 g/mol. The van der Waals surface area contributed by atoms with Crippen LogP contribution in [-0.4, -0.2) is 51.0 Å². The van der Waals surface area contributed by atoms with Crippen molar-refractivity contribution in [2.45, 2.75) is 51.5 Å². The van der Waals surface area contributed by atoms with E-state index in [0.29, 0.717) is 25.2 Å². The summed E-state index contributed by atoms with van der Waals surface area (Å²) in [5, 5.41) is 4.43. The third-order valence-corrected chi connectivity index (χ3v) is 5.32. The molecule has 1 atom stereocenters. The summed E-state index contributed by atoms with van der Waals surface area (Å²) in [4.78, 5) is 27.2. The number of ether oxygens (including phenoxy) is 1. The third kappa shape index (κ3) is 3.58. The van der Waals surface area contributed by atoms with Gasteiger partial charge >= 0.3 is 12.3 Å². The van der Waals surface area contributed by atoms with Gasteiger partial charge in [0, 0.05) is 19.5 Å². The van der Waals surface area contributed by atoms with E-state index in [1.807, 2.05) is 31.2 Å². The molecule has 28 heavy (non-hydrogen) atoms. The molecule has 0 spiro atoms. The first kappa shape index (κ1) is 18.8. The maximum Gasteiger partial charge on any atom is 0.346 e. The molecule has 0 bridgehead atoms. The van der Waals surface area contributed by atoms with E-state index in [0.717, 1.165) is 17.5 Å². The van der Waals surface area contributed by atoms with Crippen LogP contribution in [0.15, 0.2) is 29.1 Å². The first-order valence-corrected chi connectivity index (χ1v) is 9.38. The molecule has 4 rings (SSSR count). The molecule has 1 unspecified atom stereocenters. The summed E-state index contributed by atoms with van der Waals surface area (Å²) in [7, 11) is 0. The lowest BCUT2D eigenvalue weighted by Crippen LogP contribution is -2.57. The van der Waals surface area contributed by atoms with E-state index in [1.165, 1.54) is 14.1 Å². The van der Waals surface area contributed by atoms with Crippen molar-refractivity contribution in [1.82, 2.24) is 19.2 Å². The van der Waals surface area contributed by atoms with E-state index in [1.54, 1.807) is 0 Å². The number of carbonyl (C=O) groups is 1. The fourth-order valence-corrected chi connectivity index (χ4v) is 3.80. The first-order valence-electron chi connectivity index (χ1n) is 9.38. The van der Waals surface area contributed by atoms with Crippen LogP contribution in [0.3, 0.4) is 0 Å². The summed E-state index contributed by atoms with van der Waals surface area (Å²) in [6.07, 6.45) is 1.28. The molecular formula is C19H22F2N4O3. The molecule has 2 aliphatic heterocycles. The fourth-order valence-electron chi connectivity index (χ4n) is 3.80. The lowest BCUT2D eigenvalue weighted by atomic mass is 10.0. The molecule has 3 heterocycles. The topological polar surface area (TPSA) is 69.4 Å². The van der Waals surface area contributed by atoms with E-state index < -0.39 is 18.8 Å². The molecule has 0 radical (unpaired) electrons. The Bertz CT molecular complexity index is 916. The zero-order valence-electron chi connectivity index (χ0n) is 15.6. The Labute approximate surface area is 160 Å². The van der Waals surface area contributed by atoms with Crippen molar-refractivity contribution in [1.29, 1.82) is 0 Å². The number of hydrogen-bond donors (Lipinski definition) is 0. The molecule has 1 amide bonds. The molecule has 2 aromatic rings. The van der Waals surface area contributed by atoms with E-state index >= 15 is 0 Å². The van der Waals surface area contributed by atoms with Crippen LogP contribution >= 0.6 is 0 Å². The van der Waals surface area contributed by atoms with Crippen molar-refractivity contribution in [3.8, 4) is 0 Å². The molecule has 0 saturated carbocycles. The van der Waals surface area contributed by atoms with Crippen LogP contribution in [0, 0.1) is 6.92 Å². The number of carbonyl (C=O) groups excluding carboxylic acids is 1. The summed E-state index contributed by atoms with van der Waals surface area (Å²) in [5.41, 5.74) is 1.78. The van der Waals surface area contributed by atoms with Gasteiger partial charge in [0.2, 0.25) is 5.91 Å². The van der Waals surface area contributed by atoms with E-state index in [4.69, 9.17) is 0 Å². The van der Waals surface area contributed by atoms with Gasteiger partial charge in [-0.05, 0) is 25.3 Å². The van der Waals surface area contributed by atoms with Gasteiger partial charge in [0.05, 0.1) is 12.6 Å². The second-order valence-electron chi connectivity index (χ2n) is 7.38. The minimum absolute atomic E-state index is 0.126. The summed E-state index contributed by atoms with van der Waals surface area (Å²) in [5.74, 6) is 0.370. The average molecular weight is 392 g/mol. The summed E-state index contributed by atoms with van der Waals surface area (Å²) in [6.45, 7) is -0.253. The molecule has 1 fully saturated rings. The number of nitrogens with zero attached hydrogens (tertiary/aromatic N) is 4. The molecule has 1 aromatic carbocycles. The van der Waals surface area contributed by atoms with Crippen molar-refractivity contribution in [2.24, 2.45) is 0 Å². The highest BCUT2D eigenvalue weighted by molar-refractivity contribution is 5.81. The SMILES string of the molecule is Cc1ccc(Cn2nc3n(c2=O)C(C(=O)N2CC(OC(F)F)C2)CCC3)cc1. The van der Waals surface area contributed by atoms with Gasteiger partial charge in [-0.25, -0.2) is 9.48 Å². The lowest BCUT2D eigenvalue weighted by Gasteiger charge is -2.41. The number of hydrogen-bond acceptors (Lipinski definition) is 4. The molecule has 0 N–H and O–H groups in total. The van der Waals surface area contributed by atoms with Crippen molar-refractivity contribution in [3.63, 3.8) is 0 Å². The van der Waals surface area contributed by atoms with Crippen LogP contribution in [-0.2, 0) is 22.5 Å². The second kappa shape index (κ2) is 7.46. The number of benzene rings is 1. The highest BCUT2D eigenvalue weighted by Gasteiger charge is 2.39. The number of halogens is 2. The van der Waals surface area contributed by atoms with Gasteiger partial charge in [-0.1, -0.05) is 29.8 Å². The van der Waals surface area contributed by atoms with Crippen LogP contribution in [0.25, 0.3) is 0 Å². The third-order valence-electron chi connectivity index (χ3n) is 5.32. The van der Waals surface area contributed by atoms with Gasteiger partial charge in [0.25, 0.3) is 0 Å². The van der Waals surface area contributed by atoms with Gasteiger partial charge in [-0.15, -0.1) is 0 Å². The number of aryl methyl sites for hydroxylation is 2. The Kier molecular flexibility index (Phi) is 5.01. The van der Waals surface area contributed by atoms with Gasteiger partial charge in [0.15, 0.2) is 0 Å². The Morgan fingerprint density at radius 1 is 1.29 bits per heavy atom. The Balaban J connectivity index is 1.51. The molecule has 0 aliphatic carbocycles.